The minimum Gasteiger partial charge on any atom is -0.345 e. The molecule has 0 saturated heterocycles. The molecule has 8 nitrogen and oxygen atoms in total. The van der Waals surface area contributed by atoms with E-state index in [4.69, 9.17) is 0 Å². The number of pyridine rings is 1. The normalized spacial score (nSPS) is 14.0. The lowest BCUT2D eigenvalue weighted by Crippen LogP contribution is -2.50. The minimum absolute atomic E-state index is 0.0531. The van der Waals surface area contributed by atoms with Gasteiger partial charge < -0.3 is 9.88 Å². The number of rotatable bonds is 3. The van der Waals surface area contributed by atoms with Crippen molar-refractivity contribution in [1.29, 1.82) is 0 Å². The molecule has 0 spiro atoms. The molecule has 0 radical (unpaired) electrons. The van der Waals surface area contributed by atoms with Gasteiger partial charge in [0.1, 0.15) is 6.54 Å². The summed E-state index contributed by atoms with van der Waals surface area (Å²) < 4.78 is 38.3. The quantitative estimate of drug-likeness (QED) is 0.496. The Morgan fingerprint density at radius 3 is 2.38 bits per heavy atom. The summed E-state index contributed by atoms with van der Waals surface area (Å²) in [4.78, 5) is 45.7. The van der Waals surface area contributed by atoms with E-state index in [-0.39, 0.29) is 6.04 Å². The Labute approximate surface area is 133 Å². The number of aromatic nitrogens is 1. The summed E-state index contributed by atoms with van der Waals surface area (Å²) >= 11 is 0. The second kappa shape index (κ2) is 6.72. The van der Waals surface area contributed by atoms with E-state index in [9.17, 15) is 32.3 Å². The summed E-state index contributed by atoms with van der Waals surface area (Å²) in [6.45, 7) is -0.757. The van der Waals surface area contributed by atoms with Crippen molar-refractivity contribution in [2.24, 2.45) is 0 Å². The summed E-state index contributed by atoms with van der Waals surface area (Å²) in [7, 11) is 0. The number of hydrazine groups is 1. The Bertz CT molecular complexity index is 725. The van der Waals surface area contributed by atoms with Gasteiger partial charge >= 0.3 is 18.0 Å². The molecule has 1 aromatic rings. The van der Waals surface area contributed by atoms with Gasteiger partial charge in [0.05, 0.1) is 5.56 Å². The van der Waals surface area contributed by atoms with Gasteiger partial charge in [-0.2, -0.15) is 13.2 Å². The molecule has 1 aromatic heterocycles. The molecule has 1 aliphatic rings. The largest absolute Gasteiger partial charge is 0.417 e. The zero-order valence-corrected chi connectivity index (χ0v) is 12.1. The molecule has 0 bridgehead atoms. The number of halogens is 3. The fraction of sp³-hybridized carbons (Fsp3) is 0.385. The highest BCUT2D eigenvalue weighted by Gasteiger charge is 2.31. The molecular formula is C13H13F3N4O4. The third-order valence-corrected chi connectivity index (χ3v) is 3.06. The Balaban J connectivity index is 1.91. The van der Waals surface area contributed by atoms with Crippen LogP contribution in [0.5, 0.6) is 0 Å². The first-order valence-corrected chi connectivity index (χ1v) is 6.84. The number of nitrogens with one attached hydrogen (secondary N) is 3. The lowest BCUT2D eigenvalue weighted by Gasteiger charge is -2.11. The molecule has 0 unspecified atom stereocenters. The van der Waals surface area contributed by atoms with Crippen LogP contribution in [0.4, 0.5) is 13.2 Å². The van der Waals surface area contributed by atoms with Gasteiger partial charge in [-0.1, -0.05) is 0 Å². The molecule has 3 amide bonds. The van der Waals surface area contributed by atoms with Crippen LogP contribution < -0.4 is 21.7 Å². The fourth-order valence-corrected chi connectivity index (χ4v) is 1.68. The highest BCUT2D eigenvalue weighted by molar-refractivity contribution is 6.35. The van der Waals surface area contributed by atoms with Gasteiger partial charge in [-0.25, -0.2) is 0 Å². The Morgan fingerprint density at radius 1 is 1.12 bits per heavy atom. The second-order valence-electron chi connectivity index (χ2n) is 5.13. The van der Waals surface area contributed by atoms with E-state index in [1.54, 1.807) is 0 Å². The van der Waals surface area contributed by atoms with E-state index in [1.165, 1.54) is 0 Å². The molecule has 1 aliphatic carbocycles. The molecule has 130 valence electrons. The number of hydrogen-bond acceptors (Lipinski definition) is 4. The van der Waals surface area contributed by atoms with Crippen LogP contribution in [0.3, 0.4) is 0 Å². The molecule has 24 heavy (non-hydrogen) atoms. The topological polar surface area (TPSA) is 109 Å². The first kappa shape index (κ1) is 17.5. The number of hydrogen-bond donors (Lipinski definition) is 3. The van der Waals surface area contributed by atoms with E-state index < -0.39 is 41.6 Å². The van der Waals surface area contributed by atoms with E-state index in [0.717, 1.165) is 12.8 Å². The predicted molar refractivity (Wildman–Crippen MR) is 73.2 cm³/mol. The van der Waals surface area contributed by atoms with Crippen LogP contribution in [0, 0.1) is 0 Å². The van der Waals surface area contributed by atoms with Gasteiger partial charge in [-0.15, -0.1) is 0 Å². The molecule has 0 aliphatic heterocycles. The highest BCUT2D eigenvalue weighted by Crippen LogP contribution is 2.27. The van der Waals surface area contributed by atoms with Crippen LogP contribution in [0.2, 0.25) is 0 Å². The van der Waals surface area contributed by atoms with Crippen LogP contribution in [-0.2, 0) is 27.1 Å². The predicted octanol–water partition coefficient (Wildman–Crippen LogP) is -0.707. The van der Waals surface area contributed by atoms with Crippen LogP contribution in [0.25, 0.3) is 0 Å². The SMILES string of the molecule is O=C(Cn1cc(C(F)(F)F)ccc1=O)NNC(=O)C(=O)NC1CC1. The van der Waals surface area contributed by atoms with Crippen molar-refractivity contribution >= 4 is 17.7 Å². The number of carbonyl (C=O) groups excluding carboxylic acids is 3. The van der Waals surface area contributed by atoms with Gasteiger partial charge in [0.2, 0.25) is 0 Å². The lowest BCUT2D eigenvalue weighted by atomic mass is 10.3. The first-order chi connectivity index (χ1) is 11.2. The lowest BCUT2D eigenvalue weighted by molar-refractivity contribution is -0.141. The minimum atomic E-state index is -4.67. The van der Waals surface area contributed by atoms with Gasteiger partial charge in [0.25, 0.3) is 11.5 Å². The Morgan fingerprint density at radius 2 is 1.79 bits per heavy atom. The van der Waals surface area contributed by atoms with Gasteiger partial charge in [-0.3, -0.25) is 30.0 Å². The number of nitrogens with zero attached hydrogens (tertiary/aromatic N) is 1. The maximum atomic E-state index is 12.6. The van der Waals surface area contributed by atoms with E-state index >= 15 is 0 Å². The molecule has 0 aromatic carbocycles. The third kappa shape index (κ3) is 4.83. The van der Waals surface area contributed by atoms with Crippen molar-refractivity contribution in [3.8, 4) is 0 Å². The molecule has 2 rings (SSSR count). The highest BCUT2D eigenvalue weighted by atomic mass is 19.4. The molecule has 1 saturated carbocycles. The third-order valence-electron chi connectivity index (χ3n) is 3.06. The maximum absolute atomic E-state index is 12.6. The van der Waals surface area contributed by atoms with Crippen molar-refractivity contribution in [2.75, 3.05) is 0 Å². The van der Waals surface area contributed by atoms with Crippen molar-refractivity contribution in [3.05, 3.63) is 34.2 Å². The first-order valence-electron chi connectivity index (χ1n) is 6.84. The molecule has 0 atom stereocenters. The van der Waals surface area contributed by atoms with E-state index in [1.807, 2.05) is 10.9 Å². The van der Waals surface area contributed by atoms with E-state index in [0.29, 0.717) is 22.9 Å². The van der Waals surface area contributed by atoms with Crippen LogP contribution in [-0.4, -0.2) is 28.3 Å². The van der Waals surface area contributed by atoms with Crippen molar-refractivity contribution < 1.29 is 27.6 Å². The monoisotopic (exact) mass is 346 g/mol. The van der Waals surface area contributed by atoms with Gasteiger partial charge in [0.15, 0.2) is 0 Å². The molecular weight excluding hydrogens is 333 g/mol. The number of carbonyl (C=O) groups is 3. The fourth-order valence-electron chi connectivity index (χ4n) is 1.68. The van der Waals surface area contributed by atoms with E-state index in [2.05, 4.69) is 5.32 Å². The van der Waals surface area contributed by atoms with Gasteiger partial charge in [-0.05, 0) is 18.9 Å². The average Bonchev–Trinajstić information content (AvgIpc) is 3.29. The number of amides is 3. The maximum Gasteiger partial charge on any atom is 0.417 e. The summed E-state index contributed by atoms with van der Waals surface area (Å²) in [5.41, 5.74) is 1.74. The zero-order chi connectivity index (χ0) is 17.9. The van der Waals surface area contributed by atoms with Crippen molar-refractivity contribution in [1.82, 2.24) is 20.7 Å². The molecule has 1 fully saturated rings. The van der Waals surface area contributed by atoms with Crippen molar-refractivity contribution in [2.45, 2.75) is 31.6 Å². The van der Waals surface area contributed by atoms with Crippen molar-refractivity contribution in [3.63, 3.8) is 0 Å². The second-order valence-corrected chi connectivity index (χ2v) is 5.13. The summed E-state index contributed by atoms with van der Waals surface area (Å²) in [6.07, 6.45) is -2.64. The number of alkyl halides is 3. The molecule has 11 heteroatoms. The standard InChI is InChI=1S/C13H13F3N4O4/c14-13(15,16)7-1-4-10(22)20(5-7)6-9(21)18-19-12(24)11(23)17-8-2-3-8/h1,4-5,8H,2-3,6H2,(H,17,23)(H,18,21)(H,19,24). The Hall–Kier alpha value is -2.85. The molecule has 3 N–H and O–H groups in total. The zero-order valence-electron chi connectivity index (χ0n) is 12.1. The van der Waals surface area contributed by atoms with Crippen LogP contribution >= 0.6 is 0 Å². The summed E-state index contributed by atoms with van der Waals surface area (Å²) in [5, 5.41) is 2.38. The Kier molecular flexibility index (Phi) is 4.90. The summed E-state index contributed by atoms with van der Waals surface area (Å²) in [5.74, 6) is -3.02. The van der Waals surface area contributed by atoms with Crippen LogP contribution in [0.15, 0.2) is 23.1 Å². The smallest absolute Gasteiger partial charge is 0.345 e. The average molecular weight is 346 g/mol. The van der Waals surface area contributed by atoms with Gasteiger partial charge in [0, 0.05) is 18.3 Å². The van der Waals surface area contributed by atoms with Crippen LogP contribution in [0.1, 0.15) is 18.4 Å². The summed E-state index contributed by atoms with van der Waals surface area (Å²) in [6, 6.07) is 1.22. The molecule has 1 heterocycles.